The summed E-state index contributed by atoms with van der Waals surface area (Å²) in [5.41, 5.74) is 0.529. The number of ether oxygens (including phenoxy) is 1. The van der Waals surface area contributed by atoms with Crippen LogP contribution < -0.4 is 0 Å². The van der Waals surface area contributed by atoms with E-state index in [4.69, 9.17) is 4.74 Å². The van der Waals surface area contributed by atoms with Gasteiger partial charge in [0.2, 0.25) is 0 Å². The van der Waals surface area contributed by atoms with Crippen LogP contribution in [-0.4, -0.2) is 11.7 Å². The molecule has 1 heteroatoms. The van der Waals surface area contributed by atoms with E-state index in [1.165, 1.54) is 25.7 Å². The van der Waals surface area contributed by atoms with Crippen LogP contribution in [0.3, 0.4) is 0 Å². The van der Waals surface area contributed by atoms with Gasteiger partial charge in [0.15, 0.2) is 0 Å². The second-order valence-corrected chi connectivity index (χ2v) is 6.50. The molecule has 4 atom stereocenters. The van der Waals surface area contributed by atoms with Crippen molar-refractivity contribution in [1.29, 1.82) is 0 Å². The summed E-state index contributed by atoms with van der Waals surface area (Å²) in [4.78, 5) is 0. The molecule has 1 aliphatic heterocycles. The lowest BCUT2D eigenvalue weighted by Gasteiger charge is -2.38. The highest BCUT2D eigenvalue weighted by molar-refractivity contribution is 5.07. The van der Waals surface area contributed by atoms with E-state index in [0.29, 0.717) is 11.5 Å². The quantitative estimate of drug-likeness (QED) is 0.669. The van der Waals surface area contributed by atoms with Crippen LogP contribution in [0, 0.1) is 17.3 Å². The Labute approximate surface area is 94.6 Å². The fraction of sp³-hybridized carbons (Fsp3) is 1.00. The second kappa shape index (κ2) is 3.48. The molecule has 0 aromatic carbocycles. The first-order valence-electron chi connectivity index (χ1n) is 6.58. The molecular formula is C14H26O. The molecule has 2 aliphatic rings. The maximum atomic E-state index is 6.44. The first kappa shape index (κ1) is 11.4. The molecule has 2 fully saturated rings. The molecule has 1 nitrogen and oxygen atoms in total. The third kappa shape index (κ3) is 1.54. The topological polar surface area (TPSA) is 9.23 Å². The first-order chi connectivity index (χ1) is 6.90. The average molecular weight is 210 g/mol. The standard InChI is InChI=1S/C14H26O/c1-6-10(2)12-9-11-7-8-13(3,4)14(11,5)15-12/h10-12H,6-9H2,1-5H3. The molecule has 1 saturated heterocycles. The number of hydrogen-bond acceptors (Lipinski definition) is 1. The van der Waals surface area contributed by atoms with Crippen molar-refractivity contribution in [3.8, 4) is 0 Å². The van der Waals surface area contributed by atoms with E-state index in [9.17, 15) is 0 Å². The van der Waals surface area contributed by atoms with Crippen molar-refractivity contribution < 1.29 is 4.74 Å². The summed E-state index contributed by atoms with van der Waals surface area (Å²) < 4.78 is 6.44. The van der Waals surface area contributed by atoms with Gasteiger partial charge in [-0.25, -0.2) is 0 Å². The lowest BCUT2D eigenvalue weighted by molar-refractivity contribution is -0.111. The molecule has 15 heavy (non-hydrogen) atoms. The molecule has 1 aliphatic carbocycles. The van der Waals surface area contributed by atoms with Crippen molar-refractivity contribution in [2.75, 3.05) is 0 Å². The Morgan fingerprint density at radius 1 is 1.33 bits per heavy atom. The van der Waals surface area contributed by atoms with Crippen LogP contribution in [0.1, 0.15) is 60.3 Å². The minimum Gasteiger partial charge on any atom is -0.371 e. The van der Waals surface area contributed by atoms with Gasteiger partial charge in [0.25, 0.3) is 0 Å². The van der Waals surface area contributed by atoms with E-state index in [1.54, 1.807) is 0 Å². The highest BCUT2D eigenvalue weighted by Crippen LogP contribution is 2.58. The van der Waals surface area contributed by atoms with Crippen LogP contribution in [0.2, 0.25) is 0 Å². The maximum Gasteiger partial charge on any atom is 0.0738 e. The summed E-state index contributed by atoms with van der Waals surface area (Å²) in [7, 11) is 0. The zero-order valence-corrected chi connectivity index (χ0v) is 11.0. The zero-order valence-electron chi connectivity index (χ0n) is 11.0. The van der Waals surface area contributed by atoms with Crippen molar-refractivity contribution >= 4 is 0 Å². The third-order valence-electron chi connectivity index (χ3n) is 5.43. The van der Waals surface area contributed by atoms with Crippen LogP contribution in [-0.2, 0) is 4.74 Å². The molecule has 2 rings (SSSR count). The fourth-order valence-corrected chi connectivity index (χ4v) is 3.46. The van der Waals surface area contributed by atoms with E-state index in [-0.39, 0.29) is 5.60 Å². The minimum atomic E-state index is 0.154. The van der Waals surface area contributed by atoms with Crippen LogP contribution >= 0.6 is 0 Å². The normalized spacial score (nSPS) is 45.4. The molecule has 1 heterocycles. The molecule has 0 spiro atoms. The summed E-state index contributed by atoms with van der Waals surface area (Å²) in [5, 5.41) is 0. The summed E-state index contributed by atoms with van der Waals surface area (Å²) in [6, 6.07) is 0. The van der Waals surface area contributed by atoms with Gasteiger partial charge >= 0.3 is 0 Å². The van der Waals surface area contributed by atoms with Crippen molar-refractivity contribution in [2.45, 2.75) is 72.0 Å². The highest BCUT2D eigenvalue weighted by atomic mass is 16.5. The smallest absolute Gasteiger partial charge is 0.0738 e. The maximum absolute atomic E-state index is 6.44. The molecule has 0 radical (unpaired) electrons. The summed E-state index contributed by atoms with van der Waals surface area (Å²) in [5.74, 6) is 1.54. The Morgan fingerprint density at radius 3 is 2.53 bits per heavy atom. The predicted molar refractivity (Wildman–Crippen MR) is 63.9 cm³/mol. The Bertz CT molecular complexity index is 246. The van der Waals surface area contributed by atoms with Gasteiger partial charge in [0.1, 0.15) is 0 Å². The van der Waals surface area contributed by atoms with Gasteiger partial charge in [0.05, 0.1) is 11.7 Å². The molecule has 4 unspecified atom stereocenters. The van der Waals surface area contributed by atoms with Crippen molar-refractivity contribution in [3.63, 3.8) is 0 Å². The molecule has 0 bridgehead atoms. The van der Waals surface area contributed by atoms with Gasteiger partial charge in [-0.15, -0.1) is 0 Å². The molecule has 0 N–H and O–H groups in total. The van der Waals surface area contributed by atoms with Gasteiger partial charge in [-0.3, -0.25) is 0 Å². The Hall–Kier alpha value is -0.0400. The van der Waals surface area contributed by atoms with Gasteiger partial charge in [-0.05, 0) is 43.4 Å². The molecular weight excluding hydrogens is 184 g/mol. The molecule has 0 aromatic heterocycles. The number of rotatable bonds is 2. The van der Waals surface area contributed by atoms with Crippen LogP contribution in [0.4, 0.5) is 0 Å². The number of hydrogen-bond donors (Lipinski definition) is 0. The van der Waals surface area contributed by atoms with Crippen LogP contribution in [0.25, 0.3) is 0 Å². The fourth-order valence-electron chi connectivity index (χ4n) is 3.46. The van der Waals surface area contributed by atoms with Crippen LogP contribution in [0.15, 0.2) is 0 Å². The van der Waals surface area contributed by atoms with Gasteiger partial charge in [0, 0.05) is 0 Å². The zero-order chi connectivity index (χ0) is 11.3. The third-order valence-corrected chi connectivity index (χ3v) is 5.43. The number of fused-ring (bicyclic) bond motifs is 1. The van der Waals surface area contributed by atoms with Gasteiger partial charge in [-0.2, -0.15) is 0 Å². The van der Waals surface area contributed by atoms with Gasteiger partial charge < -0.3 is 4.74 Å². The molecule has 88 valence electrons. The predicted octanol–water partition coefficient (Wildman–Crippen LogP) is 4.02. The summed E-state index contributed by atoms with van der Waals surface area (Å²) in [6.07, 6.45) is 5.77. The first-order valence-corrected chi connectivity index (χ1v) is 6.58. The van der Waals surface area contributed by atoms with E-state index in [2.05, 4.69) is 34.6 Å². The largest absolute Gasteiger partial charge is 0.371 e. The highest BCUT2D eigenvalue weighted by Gasteiger charge is 2.58. The molecule has 0 amide bonds. The minimum absolute atomic E-state index is 0.154. The SMILES string of the molecule is CCC(C)C1CC2CCC(C)(C)C2(C)O1. The summed E-state index contributed by atoms with van der Waals surface area (Å²) >= 11 is 0. The van der Waals surface area contributed by atoms with Crippen molar-refractivity contribution in [2.24, 2.45) is 17.3 Å². The monoisotopic (exact) mass is 210 g/mol. The second-order valence-electron chi connectivity index (χ2n) is 6.50. The molecule has 1 saturated carbocycles. The van der Waals surface area contributed by atoms with E-state index >= 15 is 0 Å². The lowest BCUT2D eigenvalue weighted by Crippen LogP contribution is -2.41. The van der Waals surface area contributed by atoms with E-state index in [1.807, 2.05) is 0 Å². The van der Waals surface area contributed by atoms with Crippen molar-refractivity contribution in [1.82, 2.24) is 0 Å². The van der Waals surface area contributed by atoms with Gasteiger partial charge in [-0.1, -0.05) is 34.1 Å². The lowest BCUT2D eigenvalue weighted by atomic mass is 9.76. The van der Waals surface area contributed by atoms with E-state index < -0.39 is 0 Å². The van der Waals surface area contributed by atoms with E-state index in [0.717, 1.165) is 11.8 Å². The summed E-state index contributed by atoms with van der Waals surface area (Å²) in [6.45, 7) is 11.7. The van der Waals surface area contributed by atoms with Crippen molar-refractivity contribution in [3.05, 3.63) is 0 Å². The molecule has 0 aromatic rings. The Balaban J connectivity index is 2.14. The Morgan fingerprint density at radius 2 is 2.00 bits per heavy atom. The van der Waals surface area contributed by atoms with Crippen LogP contribution in [0.5, 0.6) is 0 Å². The average Bonchev–Trinajstić information content (AvgIpc) is 2.62. The Kier molecular flexibility index (Phi) is 2.65.